The second-order valence-corrected chi connectivity index (χ2v) is 6.72. The molecular formula is C15H16ClN3OS. The fraction of sp³-hybridized carbons (Fsp3) is 0.333. The van der Waals surface area contributed by atoms with Crippen molar-refractivity contribution in [2.45, 2.75) is 12.2 Å². The number of nitrogens with one attached hydrogen (secondary N) is 1. The molecular weight excluding hydrogens is 306 g/mol. The van der Waals surface area contributed by atoms with Gasteiger partial charge < -0.3 is 10.2 Å². The van der Waals surface area contributed by atoms with E-state index in [0.29, 0.717) is 11.6 Å². The second kappa shape index (κ2) is 6.12. The largest absolute Gasteiger partial charge is 0.383 e. The lowest BCUT2D eigenvalue weighted by molar-refractivity contribution is -0.128. The van der Waals surface area contributed by atoms with Crippen molar-refractivity contribution < 1.29 is 4.79 Å². The molecule has 1 aliphatic rings. The summed E-state index contributed by atoms with van der Waals surface area (Å²) in [5.74, 6) is 1.02. The van der Waals surface area contributed by atoms with Gasteiger partial charge in [0.2, 0.25) is 5.91 Å². The van der Waals surface area contributed by atoms with Crippen molar-refractivity contribution in [2.75, 3.05) is 24.3 Å². The minimum absolute atomic E-state index is 0.0916. The predicted molar refractivity (Wildman–Crippen MR) is 88.9 cm³/mol. The maximum atomic E-state index is 11.9. The van der Waals surface area contributed by atoms with Gasteiger partial charge in [0.05, 0.1) is 16.6 Å². The topological polar surface area (TPSA) is 45.2 Å². The summed E-state index contributed by atoms with van der Waals surface area (Å²) >= 11 is 7.67. The third-order valence-corrected chi connectivity index (χ3v) is 4.94. The van der Waals surface area contributed by atoms with Gasteiger partial charge in [-0.05, 0) is 31.2 Å². The Balaban J connectivity index is 1.67. The van der Waals surface area contributed by atoms with Gasteiger partial charge in [-0.1, -0.05) is 11.6 Å². The molecule has 110 valence electrons. The summed E-state index contributed by atoms with van der Waals surface area (Å²) in [6.45, 7) is 3.40. The maximum absolute atomic E-state index is 11.9. The van der Waals surface area contributed by atoms with Gasteiger partial charge in [-0.3, -0.25) is 9.78 Å². The average molecular weight is 322 g/mol. The number of pyridine rings is 1. The van der Waals surface area contributed by atoms with E-state index in [1.54, 1.807) is 18.0 Å². The van der Waals surface area contributed by atoms with Crippen molar-refractivity contribution in [3.8, 4) is 0 Å². The molecule has 3 rings (SSSR count). The van der Waals surface area contributed by atoms with Gasteiger partial charge in [-0.15, -0.1) is 11.8 Å². The van der Waals surface area contributed by atoms with Crippen molar-refractivity contribution >= 4 is 45.9 Å². The molecule has 1 N–H and O–H groups in total. The smallest absolute Gasteiger partial charge is 0.236 e. The zero-order chi connectivity index (χ0) is 14.8. The van der Waals surface area contributed by atoms with E-state index in [0.717, 1.165) is 29.0 Å². The number of aromatic nitrogens is 1. The summed E-state index contributed by atoms with van der Waals surface area (Å²) in [4.78, 5) is 18.1. The number of benzene rings is 1. The number of carbonyl (C=O) groups is 1. The van der Waals surface area contributed by atoms with Gasteiger partial charge >= 0.3 is 0 Å². The van der Waals surface area contributed by atoms with Crippen molar-refractivity contribution in [1.29, 1.82) is 0 Å². The predicted octanol–water partition coefficient (Wildman–Crippen LogP) is 3.22. The van der Waals surface area contributed by atoms with E-state index >= 15 is 0 Å². The average Bonchev–Trinajstić information content (AvgIpc) is 2.79. The van der Waals surface area contributed by atoms with Crippen LogP contribution in [0.5, 0.6) is 0 Å². The van der Waals surface area contributed by atoms with Crippen molar-refractivity contribution in [2.24, 2.45) is 0 Å². The molecule has 1 aliphatic heterocycles. The highest BCUT2D eigenvalue weighted by Crippen LogP contribution is 2.25. The van der Waals surface area contributed by atoms with Gasteiger partial charge in [0.1, 0.15) is 0 Å². The van der Waals surface area contributed by atoms with Crippen molar-refractivity contribution in [3.05, 3.63) is 35.5 Å². The molecule has 1 unspecified atom stereocenters. The van der Waals surface area contributed by atoms with Crippen LogP contribution in [0.2, 0.25) is 5.02 Å². The van der Waals surface area contributed by atoms with E-state index in [1.165, 1.54) is 0 Å². The van der Waals surface area contributed by atoms with Crippen LogP contribution in [-0.2, 0) is 4.79 Å². The first-order chi connectivity index (χ1) is 10.1. The van der Waals surface area contributed by atoms with E-state index in [2.05, 4.69) is 10.3 Å². The third kappa shape index (κ3) is 3.09. The molecule has 2 heterocycles. The molecule has 0 spiro atoms. The van der Waals surface area contributed by atoms with E-state index < -0.39 is 0 Å². The fourth-order valence-corrected chi connectivity index (χ4v) is 3.49. The number of carbonyl (C=O) groups excluding carboxylic acids is 1. The first kappa shape index (κ1) is 14.5. The normalized spacial score (nSPS) is 18.5. The highest BCUT2D eigenvalue weighted by molar-refractivity contribution is 8.01. The van der Waals surface area contributed by atoms with Crippen LogP contribution in [0.4, 0.5) is 5.69 Å². The molecule has 21 heavy (non-hydrogen) atoms. The minimum Gasteiger partial charge on any atom is -0.383 e. The summed E-state index contributed by atoms with van der Waals surface area (Å²) < 4.78 is 0. The summed E-state index contributed by atoms with van der Waals surface area (Å²) in [6.07, 6.45) is 1.76. The Morgan fingerprint density at radius 2 is 2.33 bits per heavy atom. The Labute approximate surface area is 132 Å². The lowest BCUT2D eigenvalue weighted by atomic mass is 10.2. The van der Waals surface area contributed by atoms with Crippen LogP contribution in [0, 0.1) is 0 Å². The molecule has 1 saturated heterocycles. The van der Waals surface area contributed by atoms with Crippen LogP contribution in [0.15, 0.2) is 30.5 Å². The lowest BCUT2D eigenvalue weighted by Gasteiger charge is -2.16. The molecule has 0 saturated carbocycles. The van der Waals surface area contributed by atoms with Gasteiger partial charge in [0.25, 0.3) is 0 Å². The zero-order valence-electron chi connectivity index (χ0n) is 11.7. The van der Waals surface area contributed by atoms with Crippen molar-refractivity contribution in [1.82, 2.24) is 9.88 Å². The number of hydrogen-bond donors (Lipinski definition) is 1. The number of fused-ring (bicyclic) bond motifs is 1. The highest BCUT2D eigenvalue weighted by atomic mass is 35.5. The number of thioether (sulfide) groups is 1. The fourth-order valence-electron chi connectivity index (χ4n) is 2.37. The van der Waals surface area contributed by atoms with Crippen LogP contribution >= 0.6 is 23.4 Å². The molecule has 1 aromatic carbocycles. The summed E-state index contributed by atoms with van der Waals surface area (Å²) in [5, 5.41) is 5.20. The van der Waals surface area contributed by atoms with Crippen LogP contribution in [0.25, 0.3) is 10.9 Å². The Morgan fingerprint density at radius 1 is 1.48 bits per heavy atom. The van der Waals surface area contributed by atoms with Crippen LogP contribution < -0.4 is 5.32 Å². The maximum Gasteiger partial charge on any atom is 0.236 e. The lowest BCUT2D eigenvalue weighted by Crippen LogP contribution is -2.32. The molecule has 1 atom stereocenters. The Kier molecular flexibility index (Phi) is 4.22. The molecule has 1 fully saturated rings. The number of nitrogens with zero attached hydrogens (tertiary/aromatic N) is 2. The Morgan fingerprint density at radius 3 is 3.10 bits per heavy atom. The molecule has 1 amide bonds. The standard InChI is InChI=1S/C15H16ClN3OS/c1-10-15(20)19(9-21-10)7-6-18-13-4-5-17-14-8-11(16)2-3-12(13)14/h2-5,8,10H,6-7,9H2,1H3,(H,17,18). The first-order valence-electron chi connectivity index (χ1n) is 6.83. The van der Waals surface area contributed by atoms with Crippen LogP contribution in [0.1, 0.15) is 6.92 Å². The van der Waals surface area contributed by atoms with Gasteiger partial charge in [-0.2, -0.15) is 0 Å². The Bertz CT molecular complexity index is 679. The molecule has 0 aliphatic carbocycles. The molecule has 0 radical (unpaired) electrons. The number of amides is 1. The molecule has 1 aromatic heterocycles. The van der Waals surface area contributed by atoms with Crippen LogP contribution in [0.3, 0.4) is 0 Å². The quantitative estimate of drug-likeness (QED) is 0.939. The minimum atomic E-state index is 0.0916. The summed E-state index contributed by atoms with van der Waals surface area (Å²) in [5.41, 5.74) is 1.89. The number of anilines is 1. The molecule has 2 aromatic rings. The van der Waals surface area contributed by atoms with Gasteiger partial charge in [0, 0.05) is 35.4 Å². The second-order valence-electron chi connectivity index (χ2n) is 4.99. The van der Waals surface area contributed by atoms with Gasteiger partial charge in [0.15, 0.2) is 0 Å². The van der Waals surface area contributed by atoms with Crippen LogP contribution in [-0.4, -0.2) is 40.0 Å². The SMILES string of the molecule is CC1SCN(CCNc2ccnc3cc(Cl)ccc23)C1=O. The number of rotatable bonds is 4. The Hall–Kier alpha value is -1.46. The third-order valence-electron chi connectivity index (χ3n) is 3.54. The first-order valence-corrected chi connectivity index (χ1v) is 8.26. The molecule has 0 bridgehead atoms. The number of hydrogen-bond acceptors (Lipinski definition) is 4. The monoisotopic (exact) mass is 321 g/mol. The van der Waals surface area contributed by atoms with Gasteiger partial charge in [-0.25, -0.2) is 0 Å². The van der Waals surface area contributed by atoms with E-state index in [9.17, 15) is 4.79 Å². The van der Waals surface area contributed by atoms with E-state index in [-0.39, 0.29) is 11.2 Å². The molecule has 4 nitrogen and oxygen atoms in total. The van der Waals surface area contributed by atoms with E-state index in [1.807, 2.05) is 36.1 Å². The summed E-state index contributed by atoms with van der Waals surface area (Å²) in [7, 11) is 0. The summed E-state index contributed by atoms with van der Waals surface area (Å²) in [6, 6.07) is 7.62. The molecule has 6 heteroatoms. The highest BCUT2D eigenvalue weighted by Gasteiger charge is 2.27. The van der Waals surface area contributed by atoms with Crippen molar-refractivity contribution in [3.63, 3.8) is 0 Å². The number of halogens is 1. The van der Waals surface area contributed by atoms with E-state index in [4.69, 9.17) is 11.6 Å². The zero-order valence-corrected chi connectivity index (χ0v) is 13.2.